The van der Waals surface area contributed by atoms with Crippen molar-refractivity contribution in [2.45, 2.75) is 46.1 Å². The van der Waals surface area contributed by atoms with E-state index in [1.165, 1.54) is 19.3 Å². The molecule has 0 radical (unpaired) electrons. The maximum absolute atomic E-state index is 12.6. The first-order valence-electron chi connectivity index (χ1n) is 10.6. The van der Waals surface area contributed by atoms with Crippen molar-refractivity contribution >= 4 is 11.9 Å². The zero-order valence-electron chi connectivity index (χ0n) is 16.7. The van der Waals surface area contributed by atoms with Gasteiger partial charge in [0.25, 0.3) is 0 Å². The van der Waals surface area contributed by atoms with E-state index in [4.69, 9.17) is 4.52 Å². The summed E-state index contributed by atoms with van der Waals surface area (Å²) in [5.74, 6) is 2.67. The van der Waals surface area contributed by atoms with E-state index >= 15 is 0 Å². The monoisotopic (exact) mass is 373 g/mol. The van der Waals surface area contributed by atoms with Gasteiger partial charge in [0.1, 0.15) is 0 Å². The Kier molecular flexibility index (Phi) is 4.00. The van der Waals surface area contributed by atoms with Gasteiger partial charge in [-0.2, -0.15) is 4.98 Å². The van der Waals surface area contributed by atoms with E-state index in [2.05, 4.69) is 33.8 Å². The van der Waals surface area contributed by atoms with Crippen LogP contribution in [0.3, 0.4) is 0 Å². The zero-order chi connectivity index (χ0) is 18.8. The van der Waals surface area contributed by atoms with Crippen LogP contribution in [0.4, 0.5) is 6.01 Å². The fourth-order valence-electron chi connectivity index (χ4n) is 6.06. The highest BCUT2D eigenvalue weighted by atomic mass is 16.5. The van der Waals surface area contributed by atoms with Crippen molar-refractivity contribution in [2.24, 2.45) is 23.2 Å². The third kappa shape index (κ3) is 2.77. The summed E-state index contributed by atoms with van der Waals surface area (Å²) >= 11 is 0. The number of hydrogen-bond donors (Lipinski definition) is 0. The second kappa shape index (κ2) is 6.19. The molecule has 0 aromatic carbocycles. The lowest BCUT2D eigenvalue weighted by atomic mass is 9.78. The van der Waals surface area contributed by atoms with E-state index in [1.807, 2.05) is 11.8 Å². The number of aromatic nitrogens is 2. The number of rotatable bonds is 5. The van der Waals surface area contributed by atoms with Crippen LogP contribution >= 0.6 is 0 Å². The Morgan fingerprint density at radius 3 is 2.56 bits per heavy atom. The van der Waals surface area contributed by atoms with Crippen LogP contribution in [0.5, 0.6) is 0 Å². The van der Waals surface area contributed by atoms with Gasteiger partial charge in [0, 0.05) is 56.6 Å². The largest absolute Gasteiger partial charge is 0.343 e. The fraction of sp³-hybridized carbons (Fsp3) is 0.850. The first-order chi connectivity index (χ1) is 13.0. The minimum atomic E-state index is 0.316. The predicted molar refractivity (Wildman–Crippen MR) is 101 cm³/mol. The number of carbonyl (C=O) groups is 1. The quantitative estimate of drug-likeness (QED) is 0.784. The van der Waals surface area contributed by atoms with Gasteiger partial charge in [-0.05, 0) is 51.9 Å². The van der Waals surface area contributed by atoms with Gasteiger partial charge in [-0.1, -0.05) is 5.16 Å². The van der Waals surface area contributed by atoms with E-state index in [0.29, 0.717) is 47.0 Å². The number of aryl methyl sites for hydroxylation is 1. The SMILES string of the molecule is CCN(CC)C(=O)C1[C@H]2CN(C3CCC4(C3)CN(c3nc(C)no3)C4)C[C@@H]12. The average Bonchev–Trinajstić information content (AvgIpc) is 3.08. The number of fused-ring (bicyclic) bond motifs is 1. The smallest absolute Gasteiger partial charge is 0.324 e. The van der Waals surface area contributed by atoms with Gasteiger partial charge < -0.3 is 14.3 Å². The molecule has 7 nitrogen and oxygen atoms in total. The summed E-state index contributed by atoms with van der Waals surface area (Å²) in [7, 11) is 0. The first kappa shape index (κ1) is 17.5. The molecule has 1 spiro atoms. The van der Waals surface area contributed by atoms with Crippen LogP contribution in [0.2, 0.25) is 0 Å². The van der Waals surface area contributed by atoms with Crippen molar-refractivity contribution in [1.82, 2.24) is 19.9 Å². The van der Waals surface area contributed by atoms with Gasteiger partial charge in [-0.25, -0.2) is 0 Å². The van der Waals surface area contributed by atoms with Crippen molar-refractivity contribution in [2.75, 3.05) is 44.2 Å². The molecule has 1 aromatic heterocycles. The molecule has 0 N–H and O–H groups in total. The number of likely N-dealkylation sites (tertiary alicyclic amines) is 1. The maximum Gasteiger partial charge on any atom is 0.324 e. The van der Waals surface area contributed by atoms with Crippen molar-refractivity contribution in [1.29, 1.82) is 0 Å². The molecule has 7 heteroatoms. The van der Waals surface area contributed by atoms with Crippen LogP contribution in [0.15, 0.2) is 4.52 Å². The molecular weight excluding hydrogens is 342 g/mol. The third-order valence-corrected chi connectivity index (χ3v) is 7.62. The molecule has 2 aliphatic carbocycles. The number of anilines is 1. The molecule has 2 unspecified atom stereocenters. The van der Waals surface area contributed by atoms with Crippen molar-refractivity contribution in [3.05, 3.63) is 5.82 Å². The number of nitrogens with zero attached hydrogens (tertiary/aromatic N) is 5. The van der Waals surface area contributed by atoms with Crippen LogP contribution in [0.25, 0.3) is 0 Å². The second-order valence-corrected chi connectivity index (χ2v) is 9.19. The van der Waals surface area contributed by atoms with Crippen LogP contribution in [-0.2, 0) is 4.79 Å². The lowest BCUT2D eigenvalue weighted by Gasteiger charge is -2.47. The summed E-state index contributed by atoms with van der Waals surface area (Å²) < 4.78 is 5.31. The molecule has 1 amide bonds. The lowest BCUT2D eigenvalue weighted by molar-refractivity contribution is -0.133. The molecule has 0 bridgehead atoms. The fourth-order valence-corrected chi connectivity index (χ4v) is 6.06. The Hall–Kier alpha value is -1.63. The third-order valence-electron chi connectivity index (χ3n) is 7.62. The Labute approximate surface area is 161 Å². The highest BCUT2D eigenvalue weighted by Crippen LogP contribution is 2.55. The molecule has 1 aromatic rings. The molecule has 2 aliphatic heterocycles. The Morgan fingerprint density at radius 1 is 1.26 bits per heavy atom. The van der Waals surface area contributed by atoms with E-state index in [1.54, 1.807) is 0 Å². The van der Waals surface area contributed by atoms with Crippen LogP contribution in [0, 0.1) is 30.1 Å². The number of hydrogen-bond acceptors (Lipinski definition) is 6. The maximum atomic E-state index is 12.6. The first-order valence-corrected chi connectivity index (χ1v) is 10.6. The number of piperidine rings is 1. The van der Waals surface area contributed by atoms with Gasteiger partial charge in [0.2, 0.25) is 5.91 Å². The van der Waals surface area contributed by atoms with Gasteiger partial charge in [0.05, 0.1) is 0 Å². The van der Waals surface area contributed by atoms with Gasteiger partial charge in [-0.3, -0.25) is 9.69 Å². The molecule has 27 heavy (non-hydrogen) atoms. The van der Waals surface area contributed by atoms with Crippen molar-refractivity contribution in [3.63, 3.8) is 0 Å². The molecule has 4 aliphatic rings. The highest BCUT2D eigenvalue weighted by molar-refractivity contribution is 5.82. The Bertz CT molecular complexity index is 712. The normalized spacial score (nSPS) is 34.0. The van der Waals surface area contributed by atoms with Crippen molar-refractivity contribution < 1.29 is 9.32 Å². The van der Waals surface area contributed by atoms with Crippen LogP contribution in [0.1, 0.15) is 38.9 Å². The van der Waals surface area contributed by atoms with E-state index < -0.39 is 0 Å². The molecular formula is C20H31N5O2. The summed E-state index contributed by atoms with van der Waals surface area (Å²) in [6.07, 6.45) is 3.88. The average molecular weight is 374 g/mol. The van der Waals surface area contributed by atoms with E-state index in [9.17, 15) is 4.79 Å². The summed E-state index contributed by atoms with van der Waals surface area (Å²) in [5, 5.41) is 3.90. The molecule has 148 valence electrons. The molecule has 2 saturated carbocycles. The Balaban J connectivity index is 1.12. The summed E-state index contributed by atoms with van der Waals surface area (Å²) in [5.41, 5.74) is 0.441. The molecule has 4 fully saturated rings. The standard InChI is InChI=1S/C20H31N5O2/c1-4-23(5-2)18(26)17-15-9-24(10-16(15)17)14-6-7-20(8-14)11-25(12-20)19-21-13(3)22-27-19/h14-17H,4-12H2,1-3H3/t14?,15-,16+,17?. The van der Waals surface area contributed by atoms with E-state index in [-0.39, 0.29) is 0 Å². The summed E-state index contributed by atoms with van der Waals surface area (Å²) in [4.78, 5) is 23.9. The molecule has 2 saturated heterocycles. The topological polar surface area (TPSA) is 65.7 Å². The predicted octanol–water partition coefficient (Wildman–Crippen LogP) is 1.78. The minimum Gasteiger partial charge on any atom is -0.343 e. The van der Waals surface area contributed by atoms with Gasteiger partial charge >= 0.3 is 6.01 Å². The highest BCUT2D eigenvalue weighted by Gasteiger charge is 2.62. The van der Waals surface area contributed by atoms with E-state index in [0.717, 1.165) is 39.3 Å². The molecule has 3 heterocycles. The Morgan fingerprint density at radius 2 is 1.96 bits per heavy atom. The summed E-state index contributed by atoms with van der Waals surface area (Å²) in [6.45, 7) is 12.1. The van der Waals surface area contributed by atoms with Gasteiger partial charge in [0.15, 0.2) is 5.82 Å². The summed E-state index contributed by atoms with van der Waals surface area (Å²) in [6, 6.07) is 1.38. The van der Waals surface area contributed by atoms with Crippen LogP contribution in [-0.4, -0.2) is 71.2 Å². The lowest BCUT2D eigenvalue weighted by Crippen LogP contribution is -2.56. The zero-order valence-corrected chi connectivity index (χ0v) is 16.7. The second-order valence-electron chi connectivity index (χ2n) is 9.19. The minimum absolute atomic E-state index is 0.316. The number of carbonyl (C=O) groups excluding carboxylic acids is 1. The molecule has 5 rings (SSSR count). The van der Waals surface area contributed by atoms with Crippen LogP contribution < -0.4 is 4.90 Å². The number of amides is 1. The van der Waals surface area contributed by atoms with Gasteiger partial charge in [-0.15, -0.1) is 0 Å². The van der Waals surface area contributed by atoms with Crippen molar-refractivity contribution in [3.8, 4) is 0 Å². The molecule has 4 atom stereocenters.